The molecular weight excluding hydrogens is 240 g/mol. The summed E-state index contributed by atoms with van der Waals surface area (Å²) in [6.07, 6.45) is 1.52. The number of carboxylic acids is 1. The Labute approximate surface area is 112 Å². The third-order valence-corrected chi connectivity index (χ3v) is 2.92. The molecule has 1 N–H and O–H groups in total. The lowest BCUT2D eigenvalue weighted by molar-refractivity contribution is 0.0697. The van der Waals surface area contributed by atoms with Crippen molar-refractivity contribution in [1.29, 1.82) is 0 Å². The van der Waals surface area contributed by atoms with Gasteiger partial charge >= 0.3 is 5.97 Å². The molecule has 1 aromatic heterocycles. The van der Waals surface area contributed by atoms with Gasteiger partial charge < -0.3 is 10.0 Å². The number of aryl methyl sites for hydroxylation is 1. The van der Waals surface area contributed by atoms with Gasteiger partial charge in [0.1, 0.15) is 5.82 Å². The molecule has 0 spiro atoms. The molecule has 0 saturated heterocycles. The van der Waals surface area contributed by atoms with E-state index in [-0.39, 0.29) is 5.56 Å². The number of pyridine rings is 1. The van der Waals surface area contributed by atoms with Crippen LogP contribution in [0.25, 0.3) is 0 Å². The van der Waals surface area contributed by atoms with E-state index in [4.69, 9.17) is 5.11 Å². The fraction of sp³-hybridized carbons (Fsp3) is 0.200. The second kappa shape index (κ2) is 5.52. The smallest absolute Gasteiger partial charge is 0.335 e. The standard InChI is InChI=1S/C15H16N2O2/c1-11-3-5-12(6-4-11)10-17(2)14-9-13(15(18)19)7-8-16-14/h3-9H,10H2,1-2H3,(H,18,19). The topological polar surface area (TPSA) is 53.4 Å². The molecule has 19 heavy (non-hydrogen) atoms. The average Bonchev–Trinajstić information content (AvgIpc) is 2.41. The zero-order valence-corrected chi connectivity index (χ0v) is 11.0. The normalized spacial score (nSPS) is 10.2. The van der Waals surface area contributed by atoms with Crippen LogP contribution < -0.4 is 4.90 Å². The number of carboxylic acid groups (broad SMARTS) is 1. The van der Waals surface area contributed by atoms with Crippen LogP contribution in [0.15, 0.2) is 42.6 Å². The molecule has 0 atom stereocenters. The lowest BCUT2D eigenvalue weighted by Gasteiger charge is -2.18. The molecule has 2 rings (SSSR count). The number of rotatable bonds is 4. The SMILES string of the molecule is Cc1ccc(CN(C)c2cc(C(=O)O)ccn2)cc1. The van der Waals surface area contributed by atoms with E-state index >= 15 is 0 Å². The van der Waals surface area contributed by atoms with Gasteiger partial charge in [0.2, 0.25) is 0 Å². The van der Waals surface area contributed by atoms with Crippen LogP contribution in [0.2, 0.25) is 0 Å². The second-order valence-corrected chi connectivity index (χ2v) is 4.55. The Morgan fingerprint density at radius 3 is 2.58 bits per heavy atom. The van der Waals surface area contributed by atoms with Gasteiger partial charge in [-0.3, -0.25) is 0 Å². The molecule has 98 valence electrons. The minimum absolute atomic E-state index is 0.251. The van der Waals surface area contributed by atoms with Crippen molar-refractivity contribution in [2.24, 2.45) is 0 Å². The molecule has 4 nitrogen and oxygen atoms in total. The maximum absolute atomic E-state index is 10.9. The van der Waals surface area contributed by atoms with E-state index in [1.165, 1.54) is 17.8 Å². The third-order valence-electron chi connectivity index (χ3n) is 2.92. The van der Waals surface area contributed by atoms with Crippen LogP contribution in [0, 0.1) is 6.92 Å². The first-order chi connectivity index (χ1) is 9.06. The summed E-state index contributed by atoms with van der Waals surface area (Å²) >= 11 is 0. The number of hydrogen-bond acceptors (Lipinski definition) is 3. The minimum Gasteiger partial charge on any atom is -0.478 e. The molecule has 1 aromatic carbocycles. The van der Waals surface area contributed by atoms with Crippen LogP contribution in [-0.2, 0) is 6.54 Å². The number of anilines is 1. The monoisotopic (exact) mass is 256 g/mol. The highest BCUT2D eigenvalue weighted by molar-refractivity contribution is 5.88. The molecule has 0 saturated carbocycles. The molecule has 0 aliphatic heterocycles. The van der Waals surface area contributed by atoms with Crippen molar-refractivity contribution in [3.05, 3.63) is 59.3 Å². The van der Waals surface area contributed by atoms with Crippen LogP contribution in [0.5, 0.6) is 0 Å². The fourth-order valence-corrected chi connectivity index (χ4v) is 1.81. The van der Waals surface area contributed by atoms with E-state index in [1.807, 2.05) is 18.9 Å². The van der Waals surface area contributed by atoms with Gasteiger partial charge in [0.05, 0.1) is 5.56 Å². The predicted molar refractivity (Wildman–Crippen MR) is 74.5 cm³/mol. The summed E-state index contributed by atoms with van der Waals surface area (Å²) in [5.41, 5.74) is 2.63. The summed E-state index contributed by atoms with van der Waals surface area (Å²) < 4.78 is 0. The minimum atomic E-state index is -0.938. The van der Waals surface area contributed by atoms with Gasteiger partial charge in [-0.15, -0.1) is 0 Å². The van der Waals surface area contributed by atoms with Crippen LogP contribution in [0.1, 0.15) is 21.5 Å². The summed E-state index contributed by atoms with van der Waals surface area (Å²) in [5, 5.41) is 8.97. The highest BCUT2D eigenvalue weighted by atomic mass is 16.4. The van der Waals surface area contributed by atoms with Crippen LogP contribution >= 0.6 is 0 Å². The fourth-order valence-electron chi connectivity index (χ4n) is 1.81. The number of benzene rings is 1. The molecule has 0 radical (unpaired) electrons. The number of carbonyl (C=O) groups is 1. The predicted octanol–water partition coefficient (Wildman–Crippen LogP) is 2.72. The summed E-state index contributed by atoms with van der Waals surface area (Å²) in [4.78, 5) is 17.1. The van der Waals surface area contributed by atoms with E-state index in [1.54, 1.807) is 6.07 Å². The van der Waals surface area contributed by atoms with Crippen molar-refractivity contribution >= 4 is 11.8 Å². The maximum Gasteiger partial charge on any atom is 0.335 e. The zero-order valence-electron chi connectivity index (χ0n) is 11.0. The summed E-state index contributed by atoms with van der Waals surface area (Å²) in [7, 11) is 1.90. The Balaban J connectivity index is 2.15. The molecule has 0 bridgehead atoms. The van der Waals surface area contributed by atoms with Gasteiger partial charge in [-0.2, -0.15) is 0 Å². The largest absolute Gasteiger partial charge is 0.478 e. The van der Waals surface area contributed by atoms with Crippen LogP contribution in [0.3, 0.4) is 0 Å². The molecule has 1 heterocycles. The summed E-state index contributed by atoms with van der Waals surface area (Å²) in [5.74, 6) is -0.284. The van der Waals surface area contributed by atoms with Crippen LogP contribution in [-0.4, -0.2) is 23.1 Å². The summed E-state index contributed by atoms with van der Waals surface area (Å²) in [6, 6.07) is 11.3. The Morgan fingerprint density at radius 2 is 1.95 bits per heavy atom. The lowest BCUT2D eigenvalue weighted by atomic mass is 10.1. The van der Waals surface area contributed by atoms with Gasteiger partial charge in [0, 0.05) is 19.8 Å². The van der Waals surface area contributed by atoms with Gasteiger partial charge in [-0.1, -0.05) is 29.8 Å². The van der Waals surface area contributed by atoms with Gasteiger partial charge in [0.25, 0.3) is 0 Å². The highest BCUT2D eigenvalue weighted by Gasteiger charge is 2.08. The van der Waals surface area contributed by atoms with Crippen molar-refractivity contribution in [3.63, 3.8) is 0 Å². The van der Waals surface area contributed by atoms with Crippen molar-refractivity contribution < 1.29 is 9.90 Å². The highest BCUT2D eigenvalue weighted by Crippen LogP contribution is 2.14. The summed E-state index contributed by atoms with van der Waals surface area (Å²) in [6.45, 7) is 2.74. The average molecular weight is 256 g/mol. The molecule has 0 amide bonds. The number of hydrogen-bond donors (Lipinski definition) is 1. The van der Waals surface area contributed by atoms with Crippen LogP contribution in [0.4, 0.5) is 5.82 Å². The Morgan fingerprint density at radius 1 is 1.26 bits per heavy atom. The number of aromatic carboxylic acids is 1. The lowest BCUT2D eigenvalue weighted by Crippen LogP contribution is -2.18. The van der Waals surface area contributed by atoms with E-state index in [9.17, 15) is 4.79 Å². The Bertz CT molecular complexity index is 579. The van der Waals surface area contributed by atoms with E-state index in [0.717, 1.165) is 5.56 Å². The third kappa shape index (κ3) is 3.31. The van der Waals surface area contributed by atoms with Crippen molar-refractivity contribution in [1.82, 2.24) is 4.98 Å². The maximum atomic E-state index is 10.9. The number of aromatic nitrogens is 1. The van der Waals surface area contributed by atoms with Gasteiger partial charge in [0.15, 0.2) is 0 Å². The van der Waals surface area contributed by atoms with E-state index < -0.39 is 5.97 Å². The molecule has 0 fully saturated rings. The Hall–Kier alpha value is -2.36. The Kier molecular flexibility index (Phi) is 3.80. The molecule has 4 heteroatoms. The number of nitrogens with zero attached hydrogens (tertiary/aromatic N) is 2. The van der Waals surface area contributed by atoms with Crippen molar-refractivity contribution in [2.75, 3.05) is 11.9 Å². The molecular formula is C15H16N2O2. The zero-order chi connectivity index (χ0) is 13.8. The first-order valence-electron chi connectivity index (χ1n) is 6.02. The van der Waals surface area contributed by atoms with Gasteiger partial charge in [-0.25, -0.2) is 9.78 Å². The van der Waals surface area contributed by atoms with Crippen molar-refractivity contribution in [2.45, 2.75) is 13.5 Å². The van der Waals surface area contributed by atoms with Crippen molar-refractivity contribution in [3.8, 4) is 0 Å². The molecule has 2 aromatic rings. The molecule has 0 aliphatic rings. The molecule has 0 aliphatic carbocycles. The van der Waals surface area contributed by atoms with E-state index in [2.05, 4.69) is 29.2 Å². The first kappa shape index (κ1) is 13.1. The second-order valence-electron chi connectivity index (χ2n) is 4.55. The van der Waals surface area contributed by atoms with E-state index in [0.29, 0.717) is 12.4 Å². The van der Waals surface area contributed by atoms with Gasteiger partial charge in [-0.05, 0) is 24.6 Å². The quantitative estimate of drug-likeness (QED) is 0.913. The molecule has 0 unspecified atom stereocenters. The first-order valence-corrected chi connectivity index (χ1v) is 6.02.